The second-order valence-corrected chi connectivity index (χ2v) is 7.50. The lowest BCUT2D eigenvalue weighted by Crippen LogP contribution is -2.53. The van der Waals surface area contributed by atoms with Crippen LogP contribution in [0.25, 0.3) is 0 Å². The van der Waals surface area contributed by atoms with Gasteiger partial charge < -0.3 is 24.8 Å². The fourth-order valence-electron chi connectivity index (χ4n) is 3.90. The molecule has 7 nitrogen and oxygen atoms in total. The third-order valence-electron chi connectivity index (χ3n) is 5.60. The van der Waals surface area contributed by atoms with Gasteiger partial charge in [-0.2, -0.15) is 0 Å². The van der Waals surface area contributed by atoms with Crippen molar-refractivity contribution in [2.24, 2.45) is 0 Å². The van der Waals surface area contributed by atoms with Crippen molar-refractivity contribution < 1.29 is 18.7 Å². The van der Waals surface area contributed by atoms with E-state index in [-0.39, 0.29) is 30.2 Å². The Morgan fingerprint density at radius 3 is 2.27 bits per heavy atom. The topological polar surface area (TPSA) is 65.1 Å². The van der Waals surface area contributed by atoms with E-state index in [4.69, 9.17) is 4.74 Å². The molecule has 2 aliphatic heterocycles. The van der Waals surface area contributed by atoms with E-state index in [2.05, 4.69) is 10.2 Å². The summed E-state index contributed by atoms with van der Waals surface area (Å²) < 4.78 is 18.3. The zero-order chi connectivity index (χ0) is 21.1. The minimum atomic E-state index is -0.343. The van der Waals surface area contributed by atoms with Crippen LogP contribution in [-0.4, -0.2) is 62.7 Å². The first-order valence-corrected chi connectivity index (χ1v) is 10.0. The number of halogens is 1. The lowest BCUT2D eigenvalue weighted by molar-refractivity contribution is -0.117. The van der Waals surface area contributed by atoms with E-state index >= 15 is 0 Å². The van der Waals surface area contributed by atoms with E-state index in [1.807, 2.05) is 24.3 Å². The number of carbonyl (C=O) groups excluding carboxylic acids is 2. The number of benzene rings is 2. The number of methoxy groups -OCH3 is 1. The molecule has 2 aromatic carbocycles. The fourth-order valence-corrected chi connectivity index (χ4v) is 3.90. The van der Waals surface area contributed by atoms with Crippen LogP contribution in [0.3, 0.4) is 0 Å². The van der Waals surface area contributed by atoms with Crippen LogP contribution in [0, 0.1) is 5.82 Å². The summed E-state index contributed by atoms with van der Waals surface area (Å²) >= 11 is 0. The van der Waals surface area contributed by atoms with E-state index in [9.17, 15) is 14.0 Å². The molecule has 2 aliphatic rings. The van der Waals surface area contributed by atoms with Crippen molar-refractivity contribution in [1.82, 2.24) is 10.2 Å². The van der Waals surface area contributed by atoms with Crippen molar-refractivity contribution in [3.05, 3.63) is 54.3 Å². The molecule has 1 atom stereocenters. The van der Waals surface area contributed by atoms with E-state index in [0.29, 0.717) is 25.3 Å². The molecule has 0 bridgehead atoms. The number of hydrogen-bond donors (Lipinski definition) is 1. The first-order chi connectivity index (χ1) is 14.5. The Balaban J connectivity index is 1.28. The van der Waals surface area contributed by atoms with Crippen LogP contribution < -0.4 is 19.9 Å². The maximum absolute atomic E-state index is 13.1. The highest BCUT2D eigenvalue weighted by molar-refractivity contribution is 5.96. The third kappa shape index (κ3) is 4.32. The monoisotopic (exact) mass is 412 g/mol. The predicted octanol–water partition coefficient (Wildman–Crippen LogP) is 2.47. The van der Waals surface area contributed by atoms with Gasteiger partial charge in [-0.25, -0.2) is 9.18 Å². The summed E-state index contributed by atoms with van der Waals surface area (Å²) in [5.41, 5.74) is 1.75. The summed E-state index contributed by atoms with van der Waals surface area (Å²) in [6, 6.07) is 13.3. The number of carbonyl (C=O) groups is 2. The van der Waals surface area contributed by atoms with Crippen LogP contribution in [-0.2, 0) is 4.79 Å². The summed E-state index contributed by atoms with van der Waals surface area (Å²) in [5.74, 6) is 0.401. The number of amides is 3. The second-order valence-electron chi connectivity index (χ2n) is 7.50. The molecule has 0 radical (unpaired) electrons. The van der Waals surface area contributed by atoms with Crippen LogP contribution in [0.4, 0.5) is 20.6 Å². The van der Waals surface area contributed by atoms with Gasteiger partial charge in [-0.15, -0.1) is 0 Å². The highest BCUT2D eigenvalue weighted by atomic mass is 19.1. The Kier molecular flexibility index (Phi) is 5.74. The van der Waals surface area contributed by atoms with E-state index in [1.165, 1.54) is 12.1 Å². The largest absolute Gasteiger partial charge is 0.497 e. The Morgan fingerprint density at radius 2 is 1.63 bits per heavy atom. The number of ether oxygens (including phenoxy) is 1. The summed E-state index contributed by atoms with van der Waals surface area (Å²) in [7, 11) is 1.64. The Morgan fingerprint density at radius 1 is 1.00 bits per heavy atom. The summed E-state index contributed by atoms with van der Waals surface area (Å²) in [4.78, 5) is 30.6. The maximum atomic E-state index is 13.1. The predicted molar refractivity (Wildman–Crippen MR) is 112 cm³/mol. The van der Waals surface area contributed by atoms with Crippen molar-refractivity contribution in [3.8, 4) is 5.75 Å². The molecule has 158 valence electrons. The molecule has 1 N–H and O–H groups in total. The molecular formula is C22H25FN4O3. The number of hydrogen-bond acceptors (Lipinski definition) is 4. The van der Waals surface area contributed by atoms with Gasteiger partial charge >= 0.3 is 6.03 Å². The van der Waals surface area contributed by atoms with E-state index in [1.54, 1.807) is 29.0 Å². The van der Waals surface area contributed by atoms with Crippen LogP contribution in [0.2, 0.25) is 0 Å². The molecule has 0 saturated carbocycles. The molecule has 1 unspecified atom stereocenters. The molecule has 2 fully saturated rings. The van der Waals surface area contributed by atoms with Gasteiger partial charge in [0.2, 0.25) is 5.91 Å². The lowest BCUT2D eigenvalue weighted by atomic mass is 10.2. The average molecular weight is 412 g/mol. The van der Waals surface area contributed by atoms with Crippen molar-refractivity contribution in [2.75, 3.05) is 49.6 Å². The minimum Gasteiger partial charge on any atom is -0.497 e. The summed E-state index contributed by atoms with van der Waals surface area (Å²) in [6.07, 6.45) is 0.245. The number of rotatable bonds is 4. The van der Waals surface area contributed by atoms with Gasteiger partial charge in [0.1, 0.15) is 11.6 Å². The van der Waals surface area contributed by atoms with Crippen LogP contribution in [0.1, 0.15) is 6.42 Å². The standard InChI is InChI=1S/C22H25FN4O3/c1-30-20-8-6-18(7-9-20)25-10-12-26(13-11-25)22(29)24-17-14-21(28)27(15-17)19-4-2-16(23)3-5-19/h2-9,17H,10-15H2,1H3,(H,24,29). The molecule has 2 aromatic rings. The second kappa shape index (κ2) is 8.61. The highest BCUT2D eigenvalue weighted by Gasteiger charge is 2.33. The smallest absolute Gasteiger partial charge is 0.317 e. The molecule has 3 amide bonds. The fraction of sp³-hybridized carbons (Fsp3) is 0.364. The first-order valence-electron chi connectivity index (χ1n) is 10.0. The van der Waals surface area contributed by atoms with Gasteiger partial charge in [-0.3, -0.25) is 4.79 Å². The molecular weight excluding hydrogens is 387 g/mol. The van der Waals surface area contributed by atoms with Crippen molar-refractivity contribution in [2.45, 2.75) is 12.5 Å². The van der Waals surface area contributed by atoms with E-state index < -0.39 is 0 Å². The van der Waals surface area contributed by atoms with Gasteiger partial charge in [0.05, 0.1) is 13.2 Å². The molecule has 2 saturated heterocycles. The number of nitrogens with zero attached hydrogens (tertiary/aromatic N) is 3. The van der Waals surface area contributed by atoms with Gasteiger partial charge in [0, 0.05) is 50.5 Å². The SMILES string of the molecule is COc1ccc(N2CCN(C(=O)NC3CC(=O)N(c4ccc(F)cc4)C3)CC2)cc1. The number of nitrogens with one attached hydrogen (secondary N) is 1. The minimum absolute atomic E-state index is 0.0729. The molecule has 0 aromatic heterocycles. The Bertz CT molecular complexity index is 896. The summed E-state index contributed by atoms with van der Waals surface area (Å²) in [6.45, 7) is 3.10. The van der Waals surface area contributed by atoms with Crippen LogP contribution >= 0.6 is 0 Å². The molecule has 4 rings (SSSR count). The third-order valence-corrected chi connectivity index (χ3v) is 5.60. The van der Waals surface area contributed by atoms with E-state index in [0.717, 1.165) is 24.5 Å². The Labute approximate surface area is 175 Å². The average Bonchev–Trinajstić information content (AvgIpc) is 3.14. The molecule has 0 aliphatic carbocycles. The molecule has 30 heavy (non-hydrogen) atoms. The van der Waals surface area contributed by atoms with Crippen molar-refractivity contribution in [1.29, 1.82) is 0 Å². The number of anilines is 2. The molecule has 2 heterocycles. The normalized spacial score (nSPS) is 19.2. The zero-order valence-corrected chi connectivity index (χ0v) is 16.9. The molecule has 0 spiro atoms. The number of urea groups is 1. The molecule has 8 heteroatoms. The van der Waals surface area contributed by atoms with Crippen LogP contribution in [0.5, 0.6) is 5.75 Å². The first kappa shape index (κ1) is 20.0. The van der Waals surface area contributed by atoms with Gasteiger partial charge in [0.25, 0.3) is 0 Å². The van der Waals surface area contributed by atoms with Crippen LogP contribution in [0.15, 0.2) is 48.5 Å². The quantitative estimate of drug-likeness (QED) is 0.838. The van der Waals surface area contributed by atoms with Gasteiger partial charge in [-0.1, -0.05) is 0 Å². The lowest BCUT2D eigenvalue weighted by Gasteiger charge is -2.36. The maximum Gasteiger partial charge on any atom is 0.317 e. The zero-order valence-electron chi connectivity index (χ0n) is 16.9. The van der Waals surface area contributed by atoms with Gasteiger partial charge in [-0.05, 0) is 48.5 Å². The highest BCUT2D eigenvalue weighted by Crippen LogP contribution is 2.23. The summed E-state index contributed by atoms with van der Waals surface area (Å²) in [5, 5.41) is 2.98. The van der Waals surface area contributed by atoms with Crippen molar-refractivity contribution >= 4 is 23.3 Å². The van der Waals surface area contributed by atoms with Gasteiger partial charge in [0.15, 0.2) is 0 Å². The van der Waals surface area contributed by atoms with Crippen molar-refractivity contribution in [3.63, 3.8) is 0 Å². The number of piperazine rings is 1. The Hall–Kier alpha value is -3.29.